The third-order valence-corrected chi connectivity index (χ3v) is 13.0. The van der Waals surface area contributed by atoms with Gasteiger partial charge in [-0.3, -0.25) is 19.5 Å². The highest BCUT2D eigenvalue weighted by Gasteiger charge is 2.46. The van der Waals surface area contributed by atoms with Crippen LogP contribution in [0.1, 0.15) is 160 Å². The van der Waals surface area contributed by atoms with Gasteiger partial charge in [0.25, 0.3) is 0 Å². The highest BCUT2D eigenvalue weighted by atomic mass is 16.5. The predicted octanol–water partition coefficient (Wildman–Crippen LogP) is 7.37. The maximum absolute atomic E-state index is 13.3. The average Bonchev–Trinajstić information content (AvgIpc) is 2.88. The van der Waals surface area contributed by atoms with E-state index in [0.29, 0.717) is 24.5 Å². The summed E-state index contributed by atoms with van der Waals surface area (Å²) in [6.07, 6.45) is 12.5. The Labute approximate surface area is 285 Å². The first-order valence-electron chi connectivity index (χ1n) is 18.8. The first-order chi connectivity index (χ1) is 20.9. The molecule has 0 saturated carbocycles. The van der Waals surface area contributed by atoms with Gasteiger partial charge in [-0.05, 0) is 156 Å². The van der Waals surface area contributed by atoms with Crippen molar-refractivity contribution in [1.29, 1.82) is 0 Å². The van der Waals surface area contributed by atoms with Crippen LogP contribution >= 0.6 is 0 Å². The van der Waals surface area contributed by atoms with Gasteiger partial charge in [-0.25, -0.2) is 0 Å². The van der Waals surface area contributed by atoms with E-state index in [-0.39, 0.29) is 45.3 Å². The minimum Gasteiger partial charge on any atom is -0.462 e. The van der Waals surface area contributed by atoms with Crippen molar-refractivity contribution in [2.75, 3.05) is 27.7 Å². The number of hydrogen-bond donors (Lipinski definition) is 2. The number of unbranched alkanes of at least 4 members (excludes halogenated alkanes) is 2. The molecule has 0 bridgehead atoms. The number of hydrogen-bond acceptors (Lipinski definition) is 7. The van der Waals surface area contributed by atoms with Crippen LogP contribution in [-0.2, 0) is 9.53 Å². The van der Waals surface area contributed by atoms with Gasteiger partial charge >= 0.3 is 5.97 Å². The molecular weight excluding hydrogens is 570 g/mol. The highest BCUT2D eigenvalue weighted by Crippen LogP contribution is 2.40. The number of carbonyl (C=O) groups excluding carboxylic acids is 1. The summed E-state index contributed by atoms with van der Waals surface area (Å²) < 4.78 is 6.17. The van der Waals surface area contributed by atoms with Crippen LogP contribution in [-0.4, -0.2) is 106 Å². The van der Waals surface area contributed by atoms with E-state index in [4.69, 9.17) is 4.74 Å². The maximum atomic E-state index is 13.3. The van der Waals surface area contributed by atoms with Crippen LogP contribution in [0.2, 0.25) is 0 Å². The summed E-state index contributed by atoms with van der Waals surface area (Å²) in [7, 11) is 6.76. The fraction of sp³-hybridized carbons (Fsp3) is 0.974. The van der Waals surface area contributed by atoms with Gasteiger partial charge in [0.1, 0.15) is 6.10 Å². The van der Waals surface area contributed by atoms with Gasteiger partial charge in [-0.2, -0.15) is 0 Å². The zero-order valence-corrected chi connectivity index (χ0v) is 33.2. The number of nitrogens with one attached hydrogen (secondary N) is 2. The fourth-order valence-electron chi connectivity index (χ4n) is 9.55. The SMILES string of the molecule is CN1C(C)(C)CC(NCCCCCC(CCC(=O)OC2CC(C)(C)N(C)C(C)(C)C2)NC2CC(C)(C)N(C)C(C)(C)C2)CC1(C)C. The van der Waals surface area contributed by atoms with Crippen molar-refractivity contribution in [2.24, 2.45) is 0 Å². The summed E-state index contributed by atoms with van der Waals surface area (Å²) in [5.41, 5.74) is 0.740. The predicted molar refractivity (Wildman–Crippen MR) is 196 cm³/mol. The number of likely N-dealkylation sites (tertiary alicyclic amines) is 3. The van der Waals surface area contributed by atoms with Gasteiger partial charge in [0, 0.05) is 70.6 Å². The van der Waals surface area contributed by atoms with Crippen LogP contribution in [0.25, 0.3) is 0 Å². The maximum Gasteiger partial charge on any atom is 0.306 e. The largest absolute Gasteiger partial charge is 0.462 e. The van der Waals surface area contributed by atoms with E-state index < -0.39 is 0 Å². The molecule has 0 aliphatic carbocycles. The molecule has 0 radical (unpaired) electrons. The lowest BCUT2D eigenvalue weighted by Gasteiger charge is -2.54. The number of ether oxygens (including phenoxy) is 1. The van der Waals surface area contributed by atoms with Gasteiger partial charge in [-0.15, -0.1) is 0 Å². The Bertz CT molecular complexity index is 948. The molecule has 7 nitrogen and oxygen atoms in total. The van der Waals surface area contributed by atoms with Gasteiger partial charge in [0.2, 0.25) is 0 Å². The second-order valence-corrected chi connectivity index (χ2v) is 19.5. The summed E-state index contributed by atoms with van der Waals surface area (Å²) in [5.74, 6) is -0.0230. The monoisotopic (exact) mass is 648 g/mol. The van der Waals surface area contributed by atoms with Gasteiger partial charge < -0.3 is 15.4 Å². The summed E-state index contributed by atoms with van der Waals surface area (Å²) in [5, 5.41) is 7.99. The summed E-state index contributed by atoms with van der Waals surface area (Å²) in [4.78, 5) is 20.8. The number of nitrogens with zero attached hydrogens (tertiary/aromatic N) is 3. The van der Waals surface area contributed by atoms with Crippen LogP contribution in [0, 0.1) is 0 Å². The van der Waals surface area contributed by atoms with E-state index in [1.54, 1.807) is 0 Å². The lowest BCUT2D eigenvalue weighted by molar-refractivity contribution is -0.159. The van der Waals surface area contributed by atoms with Gasteiger partial charge in [0.05, 0.1) is 0 Å². The molecule has 0 aromatic heterocycles. The molecule has 0 amide bonds. The normalized spacial score (nSPS) is 27.8. The van der Waals surface area contributed by atoms with Gasteiger partial charge in [0.15, 0.2) is 0 Å². The third-order valence-electron chi connectivity index (χ3n) is 13.0. The molecule has 0 aromatic rings. The van der Waals surface area contributed by atoms with Gasteiger partial charge in [-0.1, -0.05) is 12.8 Å². The highest BCUT2D eigenvalue weighted by molar-refractivity contribution is 5.69. The standard InChI is InChI=1S/C39H77N5O2/c1-34(2)23-30(24-35(3,4)42(34)13)40-22-18-16-17-19-29(41-31-25-36(5,6)43(14)37(7,8)26-31)20-21-33(45)46-32-27-38(9,10)44(15)39(11,12)28-32/h29-32,40-41H,16-28H2,1-15H3. The topological polar surface area (TPSA) is 60.1 Å². The number of esters is 1. The van der Waals surface area contributed by atoms with E-state index in [2.05, 4.69) is 130 Å². The molecular formula is C39H77N5O2. The van der Waals surface area contributed by atoms with Crippen LogP contribution < -0.4 is 10.6 Å². The summed E-state index contributed by atoms with van der Waals surface area (Å²) in [6, 6.07) is 1.37. The molecule has 3 aliphatic rings. The Morgan fingerprint density at radius 3 is 1.48 bits per heavy atom. The molecule has 270 valence electrons. The smallest absolute Gasteiger partial charge is 0.306 e. The first kappa shape index (κ1) is 39.7. The van der Waals surface area contributed by atoms with Crippen molar-refractivity contribution in [3.05, 3.63) is 0 Å². The van der Waals surface area contributed by atoms with Crippen LogP contribution in [0.4, 0.5) is 0 Å². The van der Waals surface area contributed by atoms with E-state index in [0.717, 1.165) is 45.1 Å². The number of rotatable bonds is 13. The second kappa shape index (κ2) is 14.6. The molecule has 3 aliphatic heterocycles. The zero-order chi connectivity index (χ0) is 34.9. The van der Waals surface area contributed by atoms with Crippen molar-refractivity contribution in [2.45, 2.75) is 218 Å². The molecule has 1 atom stereocenters. The second-order valence-electron chi connectivity index (χ2n) is 19.5. The lowest BCUT2D eigenvalue weighted by Crippen LogP contribution is -2.63. The van der Waals surface area contributed by atoms with Crippen LogP contribution in [0.3, 0.4) is 0 Å². The molecule has 0 spiro atoms. The van der Waals surface area contributed by atoms with E-state index in [1.807, 2.05) is 0 Å². The molecule has 3 saturated heterocycles. The third kappa shape index (κ3) is 10.2. The zero-order valence-electron chi connectivity index (χ0n) is 33.2. The Balaban J connectivity index is 1.54. The molecule has 7 heteroatoms. The fourth-order valence-corrected chi connectivity index (χ4v) is 9.55. The number of carbonyl (C=O) groups is 1. The Kier molecular flexibility index (Phi) is 12.6. The van der Waals surface area contributed by atoms with Crippen molar-refractivity contribution >= 4 is 5.97 Å². The quantitative estimate of drug-likeness (QED) is 0.160. The van der Waals surface area contributed by atoms with Crippen molar-refractivity contribution in [3.63, 3.8) is 0 Å². The summed E-state index contributed by atoms with van der Waals surface area (Å²) in [6.45, 7) is 29.2. The molecule has 0 aromatic carbocycles. The van der Waals surface area contributed by atoms with E-state index in [9.17, 15) is 4.79 Å². The summed E-state index contributed by atoms with van der Waals surface area (Å²) >= 11 is 0. The molecule has 46 heavy (non-hydrogen) atoms. The Morgan fingerprint density at radius 1 is 0.609 bits per heavy atom. The minimum absolute atomic E-state index is 0.0104. The van der Waals surface area contributed by atoms with E-state index in [1.165, 1.54) is 32.1 Å². The van der Waals surface area contributed by atoms with Crippen molar-refractivity contribution in [3.8, 4) is 0 Å². The molecule has 3 rings (SSSR count). The molecule has 3 heterocycles. The molecule has 2 N–H and O–H groups in total. The molecule has 1 unspecified atom stereocenters. The Hall–Kier alpha value is -0.730. The average molecular weight is 648 g/mol. The Morgan fingerprint density at radius 2 is 1.02 bits per heavy atom. The first-order valence-corrected chi connectivity index (χ1v) is 18.8. The minimum atomic E-state index is -0.0230. The van der Waals surface area contributed by atoms with Crippen molar-refractivity contribution in [1.82, 2.24) is 25.3 Å². The number of piperidine rings is 3. The van der Waals surface area contributed by atoms with Crippen LogP contribution in [0.15, 0.2) is 0 Å². The van der Waals surface area contributed by atoms with Crippen LogP contribution in [0.5, 0.6) is 0 Å². The van der Waals surface area contributed by atoms with E-state index >= 15 is 0 Å². The lowest BCUT2D eigenvalue weighted by atomic mass is 9.77. The van der Waals surface area contributed by atoms with Crippen molar-refractivity contribution < 1.29 is 9.53 Å². The molecule has 3 fully saturated rings.